The van der Waals surface area contributed by atoms with Crippen LogP contribution in [0.2, 0.25) is 0 Å². The minimum absolute atomic E-state index is 0.0994. The molecule has 0 fully saturated rings. The molecule has 0 amide bonds. The van der Waals surface area contributed by atoms with Gasteiger partial charge in [0.1, 0.15) is 11.6 Å². The number of hydrogen-bond acceptors (Lipinski definition) is 4. The van der Waals surface area contributed by atoms with Gasteiger partial charge in [-0.25, -0.2) is 16.8 Å². The SMILES string of the molecule is COc1cccc(F)c1[C@@H](N)c1cc2ccccc2n1S(=O)(=O)c1ccccc1. The first-order valence-electron chi connectivity index (χ1n) is 8.94. The Bertz CT molecular complexity index is 1280. The van der Waals surface area contributed by atoms with Crippen molar-refractivity contribution < 1.29 is 17.5 Å². The van der Waals surface area contributed by atoms with Crippen LogP contribution < -0.4 is 10.5 Å². The molecule has 0 aliphatic heterocycles. The largest absolute Gasteiger partial charge is 0.496 e. The van der Waals surface area contributed by atoms with E-state index in [0.717, 1.165) is 0 Å². The van der Waals surface area contributed by atoms with Crippen LogP contribution in [0, 0.1) is 5.82 Å². The van der Waals surface area contributed by atoms with Gasteiger partial charge >= 0.3 is 0 Å². The maximum atomic E-state index is 14.7. The Labute approximate surface area is 168 Å². The van der Waals surface area contributed by atoms with Crippen molar-refractivity contribution in [1.82, 2.24) is 3.97 Å². The number of methoxy groups -OCH3 is 1. The van der Waals surface area contributed by atoms with Gasteiger partial charge in [-0.1, -0.05) is 42.5 Å². The number of hydrogen-bond donors (Lipinski definition) is 1. The predicted octanol–water partition coefficient (Wildman–Crippen LogP) is 4.07. The third-order valence-electron chi connectivity index (χ3n) is 4.84. The van der Waals surface area contributed by atoms with Gasteiger partial charge in [0.05, 0.1) is 34.8 Å². The summed E-state index contributed by atoms with van der Waals surface area (Å²) in [6, 6.07) is 20.1. The molecule has 0 spiro atoms. The summed E-state index contributed by atoms with van der Waals surface area (Å²) in [5.41, 5.74) is 7.25. The van der Waals surface area contributed by atoms with Crippen molar-refractivity contribution in [2.45, 2.75) is 10.9 Å². The van der Waals surface area contributed by atoms with E-state index in [1.807, 2.05) is 0 Å². The Kier molecular flexibility index (Phi) is 4.86. The van der Waals surface area contributed by atoms with E-state index in [4.69, 9.17) is 10.5 Å². The molecule has 1 atom stereocenters. The van der Waals surface area contributed by atoms with Crippen LogP contribution in [0.25, 0.3) is 10.9 Å². The lowest BCUT2D eigenvalue weighted by Crippen LogP contribution is -2.23. The fourth-order valence-electron chi connectivity index (χ4n) is 3.48. The first-order chi connectivity index (χ1) is 13.9. The van der Waals surface area contributed by atoms with Gasteiger partial charge < -0.3 is 10.5 Å². The second kappa shape index (κ2) is 7.35. The fourth-order valence-corrected chi connectivity index (χ4v) is 5.06. The topological polar surface area (TPSA) is 74.3 Å². The van der Waals surface area contributed by atoms with Crippen molar-refractivity contribution in [1.29, 1.82) is 0 Å². The Morgan fingerprint density at radius 3 is 2.38 bits per heavy atom. The highest BCUT2D eigenvalue weighted by molar-refractivity contribution is 7.90. The summed E-state index contributed by atoms with van der Waals surface area (Å²) in [6.45, 7) is 0. The molecule has 29 heavy (non-hydrogen) atoms. The Balaban J connectivity index is 2.01. The number of nitrogens with zero attached hydrogens (tertiary/aromatic N) is 1. The highest BCUT2D eigenvalue weighted by atomic mass is 32.2. The molecule has 7 heteroatoms. The maximum absolute atomic E-state index is 14.7. The molecule has 0 unspecified atom stereocenters. The highest BCUT2D eigenvalue weighted by Crippen LogP contribution is 2.35. The molecule has 5 nitrogen and oxygen atoms in total. The standard InChI is InChI=1S/C22H19FN2O3S/c1-28-20-13-7-11-17(23)21(20)22(24)19-14-15-8-5-6-12-18(15)25(19)29(26,27)16-9-3-2-4-10-16/h2-14,22H,24H2,1H3/t22-/m0/s1. The van der Waals surface area contributed by atoms with E-state index in [-0.39, 0.29) is 21.9 Å². The van der Waals surface area contributed by atoms with E-state index >= 15 is 0 Å². The van der Waals surface area contributed by atoms with E-state index in [1.165, 1.54) is 35.3 Å². The lowest BCUT2D eigenvalue weighted by molar-refractivity contribution is 0.401. The first kappa shape index (κ1) is 19.2. The quantitative estimate of drug-likeness (QED) is 0.538. The summed E-state index contributed by atoms with van der Waals surface area (Å²) in [5, 5.41) is 0.688. The normalized spacial score (nSPS) is 12.8. The smallest absolute Gasteiger partial charge is 0.268 e. The zero-order chi connectivity index (χ0) is 20.6. The number of halogens is 1. The number of nitrogens with two attached hydrogens (primary N) is 1. The van der Waals surface area contributed by atoms with Crippen LogP contribution >= 0.6 is 0 Å². The minimum atomic E-state index is -3.96. The second-order valence-electron chi connectivity index (χ2n) is 6.54. The third-order valence-corrected chi connectivity index (χ3v) is 6.59. The number of rotatable bonds is 5. The van der Waals surface area contributed by atoms with Crippen molar-refractivity contribution in [3.05, 3.63) is 95.9 Å². The molecule has 0 saturated heterocycles. The van der Waals surface area contributed by atoms with Gasteiger partial charge in [-0.3, -0.25) is 0 Å². The maximum Gasteiger partial charge on any atom is 0.268 e. The molecule has 0 aliphatic carbocycles. The lowest BCUT2D eigenvalue weighted by Gasteiger charge is -2.19. The number of aromatic nitrogens is 1. The molecule has 3 aromatic carbocycles. The molecule has 1 aromatic heterocycles. The van der Waals surface area contributed by atoms with Crippen LogP contribution in [0.1, 0.15) is 17.3 Å². The highest BCUT2D eigenvalue weighted by Gasteiger charge is 2.29. The van der Waals surface area contributed by atoms with Gasteiger partial charge in [0.2, 0.25) is 0 Å². The van der Waals surface area contributed by atoms with Gasteiger partial charge in [-0.15, -0.1) is 0 Å². The molecule has 4 rings (SSSR count). The zero-order valence-corrected chi connectivity index (χ0v) is 16.4. The molecule has 4 aromatic rings. The number of para-hydroxylation sites is 1. The number of fused-ring (bicyclic) bond motifs is 1. The second-order valence-corrected chi connectivity index (χ2v) is 8.33. The van der Waals surface area contributed by atoms with Gasteiger partial charge in [-0.05, 0) is 36.4 Å². The lowest BCUT2D eigenvalue weighted by atomic mass is 10.0. The molecule has 148 valence electrons. The van der Waals surface area contributed by atoms with Crippen molar-refractivity contribution in [3.8, 4) is 5.75 Å². The monoisotopic (exact) mass is 410 g/mol. The number of benzene rings is 3. The molecule has 0 aliphatic rings. The van der Waals surface area contributed by atoms with E-state index in [2.05, 4.69) is 0 Å². The predicted molar refractivity (Wildman–Crippen MR) is 110 cm³/mol. The van der Waals surface area contributed by atoms with E-state index < -0.39 is 21.9 Å². The minimum Gasteiger partial charge on any atom is -0.496 e. The number of ether oxygens (including phenoxy) is 1. The van der Waals surface area contributed by atoms with Gasteiger partial charge in [-0.2, -0.15) is 0 Å². The summed E-state index contributed by atoms with van der Waals surface area (Å²) in [6.07, 6.45) is 0. The van der Waals surface area contributed by atoms with E-state index in [0.29, 0.717) is 10.9 Å². The van der Waals surface area contributed by atoms with E-state index in [9.17, 15) is 12.8 Å². The molecule has 1 heterocycles. The fraction of sp³-hybridized carbons (Fsp3) is 0.0909. The van der Waals surface area contributed by atoms with Crippen LogP contribution in [0.3, 0.4) is 0 Å². The Morgan fingerprint density at radius 1 is 0.966 bits per heavy atom. The molecule has 0 bridgehead atoms. The summed E-state index contributed by atoms with van der Waals surface area (Å²) in [7, 11) is -2.55. The summed E-state index contributed by atoms with van der Waals surface area (Å²) >= 11 is 0. The molecule has 0 saturated carbocycles. The molecule has 2 N–H and O–H groups in total. The zero-order valence-electron chi connectivity index (χ0n) is 15.6. The van der Waals surface area contributed by atoms with E-state index in [1.54, 1.807) is 54.6 Å². The van der Waals surface area contributed by atoms with Crippen LogP contribution in [0.5, 0.6) is 5.75 Å². The van der Waals surface area contributed by atoms with Crippen LogP contribution in [-0.4, -0.2) is 19.5 Å². The molecular weight excluding hydrogens is 391 g/mol. The van der Waals surface area contributed by atoms with Crippen LogP contribution in [0.4, 0.5) is 4.39 Å². The average molecular weight is 410 g/mol. The average Bonchev–Trinajstić information content (AvgIpc) is 3.14. The summed E-state index contributed by atoms with van der Waals surface area (Å²) in [5.74, 6) is -0.308. The van der Waals surface area contributed by atoms with Gasteiger partial charge in [0.25, 0.3) is 10.0 Å². The summed E-state index contributed by atoms with van der Waals surface area (Å²) in [4.78, 5) is 0.121. The molecular formula is C22H19FN2O3S. The van der Waals surface area contributed by atoms with Crippen molar-refractivity contribution >= 4 is 20.9 Å². The van der Waals surface area contributed by atoms with Crippen molar-refractivity contribution in [2.75, 3.05) is 7.11 Å². The third kappa shape index (κ3) is 3.18. The van der Waals surface area contributed by atoms with Gasteiger partial charge in [0.15, 0.2) is 0 Å². The Morgan fingerprint density at radius 2 is 1.66 bits per heavy atom. The molecule has 0 radical (unpaired) electrons. The first-order valence-corrected chi connectivity index (χ1v) is 10.4. The van der Waals surface area contributed by atoms with Crippen LogP contribution in [0.15, 0.2) is 83.8 Å². The van der Waals surface area contributed by atoms with Crippen LogP contribution in [-0.2, 0) is 10.0 Å². The van der Waals surface area contributed by atoms with Crippen molar-refractivity contribution in [3.63, 3.8) is 0 Å². The Hall–Kier alpha value is -3.16. The van der Waals surface area contributed by atoms with Crippen molar-refractivity contribution in [2.24, 2.45) is 5.73 Å². The summed E-state index contributed by atoms with van der Waals surface area (Å²) < 4.78 is 48.1. The van der Waals surface area contributed by atoms with Gasteiger partial charge in [0, 0.05) is 5.39 Å².